The predicted molar refractivity (Wildman–Crippen MR) is 185 cm³/mol. The highest BCUT2D eigenvalue weighted by atomic mass is 15.1. The second kappa shape index (κ2) is 10.1. The third kappa shape index (κ3) is 3.86. The molecule has 0 aliphatic heterocycles. The first-order valence-corrected chi connectivity index (χ1v) is 15.6. The average Bonchev–Trinajstić information content (AvgIpc) is 3.62. The summed E-state index contributed by atoms with van der Waals surface area (Å²) in [7, 11) is 0. The zero-order valence-electron chi connectivity index (χ0n) is 24.4. The van der Waals surface area contributed by atoms with Crippen LogP contribution in [-0.2, 0) is 6.42 Å². The zero-order chi connectivity index (χ0) is 29.0. The van der Waals surface area contributed by atoms with E-state index in [9.17, 15) is 0 Å². The van der Waals surface area contributed by atoms with E-state index in [1.54, 1.807) is 0 Å². The number of benzene rings is 4. The van der Waals surface area contributed by atoms with E-state index in [2.05, 4.69) is 149 Å². The molecule has 3 aromatic heterocycles. The van der Waals surface area contributed by atoms with Gasteiger partial charge in [-0.3, -0.25) is 4.57 Å². The van der Waals surface area contributed by atoms with Crippen LogP contribution in [0.3, 0.4) is 0 Å². The molecule has 2 aliphatic rings. The summed E-state index contributed by atoms with van der Waals surface area (Å²) in [6, 6.07) is 39.4. The fourth-order valence-electron chi connectivity index (χ4n) is 7.26. The molecule has 0 saturated carbocycles. The summed E-state index contributed by atoms with van der Waals surface area (Å²) in [4.78, 5) is 5.36. The second-order valence-corrected chi connectivity index (χ2v) is 11.8. The van der Waals surface area contributed by atoms with E-state index in [-0.39, 0.29) is 0 Å². The van der Waals surface area contributed by atoms with Gasteiger partial charge in [0.2, 0.25) is 0 Å². The molecule has 0 spiro atoms. The van der Waals surface area contributed by atoms with Crippen LogP contribution in [0.4, 0.5) is 0 Å². The van der Waals surface area contributed by atoms with Crippen molar-refractivity contribution in [1.29, 1.82) is 0 Å². The summed E-state index contributed by atoms with van der Waals surface area (Å²) in [5.74, 6) is 0.935. The van der Waals surface area contributed by atoms with Crippen molar-refractivity contribution in [3.63, 3.8) is 0 Å². The molecule has 210 valence electrons. The van der Waals surface area contributed by atoms with Crippen LogP contribution in [0, 0.1) is 0 Å². The molecule has 0 saturated heterocycles. The quantitative estimate of drug-likeness (QED) is 0.208. The van der Waals surface area contributed by atoms with E-state index in [1.807, 2.05) is 0 Å². The summed E-state index contributed by atoms with van der Waals surface area (Å²) < 4.78 is 4.87. The first-order chi connectivity index (χ1) is 21.8. The normalized spacial score (nSPS) is 14.4. The lowest BCUT2D eigenvalue weighted by Gasteiger charge is -2.13. The Morgan fingerprint density at radius 2 is 1.43 bits per heavy atom. The van der Waals surface area contributed by atoms with Crippen molar-refractivity contribution in [3.8, 4) is 22.8 Å². The topological polar surface area (TPSA) is 22.8 Å². The summed E-state index contributed by atoms with van der Waals surface area (Å²) in [6.07, 6.45) is 15.8. The predicted octanol–water partition coefficient (Wildman–Crippen LogP) is 10.5. The van der Waals surface area contributed by atoms with Crippen LogP contribution in [0.5, 0.6) is 0 Å². The Labute approximate surface area is 256 Å². The van der Waals surface area contributed by atoms with E-state index >= 15 is 0 Å². The van der Waals surface area contributed by atoms with Gasteiger partial charge in [0.15, 0.2) is 0 Å². The van der Waals surface area contributed by atoms with Crippen LogP contribution in [0.15, 0.2) is 133 Å². The molecular weight excluding hydrogens is 534 g/mol. The lowest BCUT2D eigenvalue weighted by atomic mass is 9.97. The van der Waals surface area contributed by atoms with Crippen molar-refractivity contribution in [1.82, 2.24) is 14.1 Å². The van der Waals surface area contributed by atoms with Gasteiger partial charge in [-0.05, 0) is 79.3 Å². The standard InChI is InChI=1S/C41H31N3/c1-3-13-28(14-4-1)29-15-11-16-30(27-29)35-21-12-24-39(42-35)44-36-22-9-7-19-32(36)33-25-26-38-40(41(33)44)34-20-8-10-23-37(34)43(38)31-17-5-2-6-18-31/h2-3,5-9,11-22,24-27H,1,4,10,23H2. The third-order valence-corrected chi connectivity index (χ3v) is 9.20. The highest BCUT2D eigenvalue weighted by molar-refractivity contribution is 6.20. The van der Waals surface area contributed by atoms with Crippen LogP contribution in [0.25, 0.3) is 67.1 Å². The molecule has 3 heteroatoms. The zero-order valence-corrected chi connectivity index (χ0v) is 24.4. The van der Waals surface area contributed by atoms with E-state index in [0.29, 0.717) is 0 Å². The van der Waals surface area contributed by atoms with E-state index in [1.165, 1.54) is 60.8 Å². The van der Waals surface area contributed by atoms with Crippen LogP contribution in [0.2, 0.25) is 0 Å². The van der Waals surface area contributed by atoms with Gasteiger partial charge in [-0.15, -0.1) is 0 Å². The minimum absolute atomic E-state index is 0.935. The minimum Gasteiger partial charge on any atom is -0.313 e. The highest BCUT2D eigenvalue weighted by Crippen LogP contribution is 2.42. The van der Waals surface area contributed by atoms with Gasteiger partial charge < -0.3 is 4.57 Å². The van der Waals surface area contributed by atoms with Crippen molar-refractivity contribution in [2.24, 2.45) is 0 Å². The lowest BCUT2D eigenvalue weighted by molar-refractivity contribution is 0.888. The summed E-state index contributed by atoms with van der Waals surface area (Å²) >= 11 is 0. The number of aromatic nitrogens is 3. The largest absolute Gasteiger partial charge is 0.313 e. The summed E-state index contributed by atoms with van der Waals surface area (Å²) in [5.41, 5.74) is 12.2. The van der Waals surface area contributed by atoms with Crippen LogP contribution < -0.4 is 0 Å². The Morgan fingerprint density at radius 3 is 2.34 bits per heavy atom. The van der Waals surface area contributed by atoms with Gasteiger partial charge >= 0.3 is 0 Å². The fraction of sp³-hybridized carbons (Fsp3) is 0.0976. The first-order valence-electron chi connectivity index (χ1n) is 15.6. The molecule has 4 aromatic carbocycles. The van der Waals surface area contributed by atoms with E-state index in [4.69, 9.17) is 4.98 Å². The molecular formula is C41H31N3. The highest BCUT2D eigenvalue weighted by Gasteiger charge is 2.24. The number of fused-ring (bicyclic) bond motifs is 7. The summed E-state index contributed by atoms with van der Waals surface area (Å²) in [6.45, 7) is 0. The molecule has 0 unspecified atom stereocenters. The van der Waals surface area contributed by atoms with E-state index in [0.717, 1.165) is 42.8 Å². The number of hydrogen-bond donors (Lipinski definition) is 0. The van der Waals surface area contributed by atoms with Gasteiger partial charge in [0, 0.05) is 38.7 Å². The minimum atomic E-state index is 0.935. The molecule has 3 nitrogen and oxygen atoms in total. The number of allylic oxidation sites excluding steroid dienone is 5. The number of nitrogens with zero attached hydrogens (tertiary/aromatic N) is 3. The van der Waals surface area contributed by atoms with Gasteiger partial charge in [-0.25, -0.2) is 4.98 Å². The molecule has 2 aliphatic carbocycles. The Bertz CT molecular complexity index is 2330. The van der Waals surface area contributed by atoms with Gasteiger partial charge in [0.25, 0.3) is 0 Å². The first kappa shape index (κ1) is 25.1. The van der Waals surface area contributed by atoms with E-state index < -0.39 is 0 Å². The Hall–Kier alpha value is -5.41. The number of rotatable bonds is 4. The lowest BCUT2D eigenvalue weighted by Crippen LogP contribution is -2.02. The molecule has 0 fully saturated rings. The third-order valence-electron chi connectivity index (χ3n) is 9.20. The molecule has 7 aromatic rings. The van der Waals surface area contributed by atoms with Crippen molar-refractivity contribution in [2.45, 2.75) is 25.7 Å². The maximum atomic E-state index is 5.36. The molecule has 9 rings (SSSR count). The molecule has 44 heavy (non-hydrogen) atoms. The monoisotopic (exact) mass is 565 g/mol. The maximum Gasteiger partial charge on any atom is 0.138 e. The van der Waals surface area contributed by atoms with Crippen LogP contribution in [-0.4, -0.2) is 14.1 Å². The summed E-state index contributed by atoms with van der Waals surface area (Å²) in [5, 5.41) is 3.79. The van der Waals surface area contributed by atoms with Crippen LogP contribution >= 0.6 is 0 Å². The molecule has 0 bridgehead atoms. The molecule has 0 N–H and O–H groups in total. The van der Waals surface area contributed by atoms with Gasteiger partial charge in [0.1, 0.15) is 5.82 Å². The van der Waals surface area contributed by atoms with Crippen molar-refractivity contribution in [3.05, 3.63) is 150 Å². The van der Waals surface area contributed by atoms with Gasteiger partial charge in [-0.2, -0.15) is 0 Å². The van der Waals surface area contributed by atoms with Gasteiger partial charge in [0.05, 0.1) is 22.2 Å². The number of pyridine rings is 1. The molecule has 0 atom stereocenters. The SMILES string of the molecule is C1=CC(c2cccc(-c3cccc(-n4c5ccccc5c5ccc6c(c7c(n6-c6ccccc6)CCC=C7)c54)n3)c2)=CCC1. The molecule has 0 radical (unpaired) electrons. The Morgan fingerprint density at radius 1 is 0.591 bits per heavy atom. The van der Waals surface area contributed by atoms with Crippen molar-refractivity contribution < 1.29 is 0 Å². The van der Waals surface area contributed by atoms with Crippen LogP contribution in [0.1, 0.15) is 36.1 Å². The smallest absolute Gasteiger partial charge is 0.138 e. The molecule has 0 amide bonds. The molecule has 3 heterocycles. The van der Waals surface area contributed by atoms with Gasteiger partial charge in [-0.1, -0.05) is 97.1 Å². The average molecular weight is 566 g/mol. The van der Waals surface area contributed by atoms with Crippen molar-refractivity contribution >= 4 is 44.4 Å². The second-order valence-electron chi connectivity index (χ2n) is 11.8. The Balaban J connectivity index is 1.32. The number of para-hydroxylation sites is 2. The van der Waals surface area contributed by atoms with Crippen molar-refractivity contribution in [2.75, 3.05) is 0 Å². The number of hydrogen-bond acceptors (Lipinski definition) is 1. The fourth-order valence-corrected chi connectivity index (χ4v) is 7.26. The Kier molecular flexibility index (Phi) is 5.77. The maximum absolute atomic E-state index is 5.36.